The van der Waals surface area contributed by atoms with Gasteiger partial charge in [-0.2, -0.15) is 0 Å². The van der Waals surface area contributed by atoms with Gasteiger partial charge in [0, 0.05) is 0 Å². The molecule has 1 aliphatic heterocycles. The molecule has 0 aliphatic carbocycles. The molecule has 13 heavy (non-hydrogen) atoms. The molecule has 1 aromatic heterocycles. The normalized spacial score (nSPS) is 14.7. The van der Waals surface area contributed by atoms with Crippen molar-refractivity contribution in [1.29, 1.82) is 0 Å². The molecule has 0 aromatic carbocycles. The number of nitrogen functional groups attached to an aromatic ring is 1. The molecule has 0 fully saturated rings. The van der Waals surface area contributed by atoms with Crippen LogP contribution in [0.2, 0.25) is 0 Å². The predicted molar refractivity (Wildman–Crippen MR) is 51.5 cm³/mol. The number of nitrogens with zero attached hydrogens (tertiary/aromatic N) is 2. The standard InChI is InChI=1S/C7H8ClN3OS/c8-1-6(12)11-2-4-5(3-11)13-7(9)10-4/h1-3H2,(H2,9,10). The van der Waals surface area contributed by atoms with Gasteiger partial charge in [-0.3, -0.25) is 4.79 Å². The number of thiazole rings is 1. The molecule has 70 valence electrons. The number of carbonyl (C=O) groups is 1. The van der Waals surface area contributed by atoms with Crippen LogP contribution in [0.1, 0.15) is 10.6 Å². The van der Waals surface area contributed by atoms with E-state index in [4.69, 9.17) is 17.3 Å². The lowest BCUT2D eigenvalue weighted by Gasteiger charge is -2.12. The summed E-state index contributed by atoms with van der Waals surface area (Å²) in [6.07, 6.45) is 0. The van der Waals surface area contributed by atoms with Crippen molar-refractivity contribution in [1.82, 2.24) is 9.88 Å². The Morgan fingerprint density at radius 3 is 3.08 bits per heavy atom. The zero-order chi connectivity index (χ0) is 9.42. The lowest BCUT2D eigenvalue weighted by molar-refractivity contribution is -0.129. The Kier molecular flexibility index (Phi) is 2.13. The van der Waals surface area contributed by atoms with Crippen molar-refractivity contribution in [3.63, 3.8) is 0 Å². The van der Waals surface area contributed by atoms with Gasteiger partial charge in [-0.15, -0.1) is 22.9 Å². The van der Waals surface area contributed by atoms with Crippen LogP contribution in [0.15, 0.2) is 0 Å². The molecule has 4 nitrogen and oxygen atoms in total. The van der Waals surface area contributed by atoms with E-state index in [9.17, 15) is 4.79 Å². The Morgan fingerprint density at radius 1 is 1.69 bits per heavy atom. The van der Waals surface area contributed by atoms with Crippen LogP contribution in [0, 0.1) is 0 Å². The molecule has 1 aromatic rings. The fourth-order valence-electron chi connectivity index (χ4n) is 1.32. The van der Waals surface area contributed by atoms with Gasteiger partial charge >= 0.3 is 0 Å². The van der Waals surface area contributed by atoms with Gasteiger partial charge in [0.2, 0.25) is 5.91 Å². The molecule has 1 amide bonds. The summed E-state index contributed by atoms with van der Waals surface area (Å²) in [5.41, 5.74) is 6.44. The van der Waals surface area contributed by atoms with E-state index < -0.39 is 0 Å². The van der Waals surface area contributed by atoms with Crippen molar-refractivity contribution in [2.75, 3.05) is 11.6 Å². The largest absolute Gasteiger partial charge is 0.375 e. The highest BCUT2D eigenvalue weighted by atomic mass is 35.5. The van der Waals surface area contributed by atoms with Gasteiger partial charge in [-0.05, 0) is 0 Å². The second-order valence-electron chi connectivity index (χ2n) is 2.81. The Labute approximate surface area is 84.3 Å². The average Bonchev–Trinajstić information content (AvgIpc) is 2.59. The molecule has 0 radical (unpaired) electrons. The summed E-state index contributed by atoms with van der Waals surface area (Å²) < 4.78 is 0. The van der Waals surface area contributed by atoms with Crippen molar-refractivity contribution < 1.29 is 4.79 Å². The molecule has 1 aliphatic rings. The fourth-order valence-corrected chi connectivity index (χ4v) is 2.35. The summed E-state index contributed by atoms with van der Waals surface area (Å²) in [7, 11) is 0. The minimum Gasteiger partial charge on any atom is -0.375 e. The third kappa shape index (κ3) is 1.49. The van der Waals surface area contributed by atoms with E-state index in [1.807, 2.05) is 0 Å². The van der Waals surface area contributed by atoms with E-state index >= 15 is 0 Å². The summed E-state index contributed by atoms with van der Waals surface area (Å²) in [6, 6.07) is 0. The molecule has 0 atom stereocenters. The summed E-state index contributed by atoms with van der Waals surface area (Å²) >= 11 is 6.88. The Bertz CT molecular complexity index is 328. The quantitative estimate of drug-likeness (QED) is 0.709. The molecular formula is C7H8ClN3OS. The van der Waals surface area contributed by atoms with E-state index in [1.165, 1.54) is 11.3 Å². The minimum atomic E-state index is -0.0505. The topological polar surface area (TPSA) is 59.2 Å². The van der Waals surface area contributed by atoms with E-state index in [0.29, 0.717) is 18.2 Å². The van der Waals surface area contributed by atoms with Crippen molar-refractivity contribution in [3.05, 3.63) is 10.6 Å². The van der Waals surface area contributed by atoms with Gasteiger partial charge in [0.1, 0.15) is 5.88 Å². The van der Waals surface area contributed by atoms with Crippen LogP contribution in [0.3, 0.4) is 0 Å². The lowest BCUT2D eigenvalue weighted by Crippen LogP contribution is -2.26. The maximum Gasteiger partial charge on any atom is 0.238 e. The highest BCUT2D eigenvalue weighted by Gasteiger charge is 2.25. The number of hydrogen-bond donors (Lipinski definition) is 1. The predicted octanol–water partition coefficient (Wildman–Crippen LogP) is 0.806. The van der Waals surface area contributed by atoms with E-state index in [0.717, 1.165) is 10.6 Å². The van der Waals surface area contributed by atoms with Gasteiger partial charge in [-0.1, -0.05) is 0 Å². The van der Waals surface area contributed by atoms with Crippen molar-refractivity contribution in [2.45, 2.75) is 13.1 Å². The number of halogens is 1. The number of amides is 1. The molecule has 2 heterocycles. The first-order valence-corrected chi connectivity index (χ1v) is 5.13. The lowest BCUT2D eigenvalue weighted by atomic mass is 10.4. The number of aromatic nitrogens is 1. The summed E-state index contributed by atoms with van der Waals surface area (Å²) in [4.78, 5) is 18.1. The smallest absolute Gasteiger partial charge is 0.238 e. The highest BCUT2D eigenvalue weighted by Crippen LogP contribution is 2.29. The number of nitrogens with two attached hydrogens (primary N) is 1. The van der Waals surface area contributed by atoms with E-state index in [2.05, 4.69) is 4.98 Å². The van der Waals surface area contributed by atoms with Crippen molar-refractivity contribution in [3.8, 4) is 0 Å². The van der Waals surface area contributed by atoms with Gasteiger partial charge in [0.15, 0.2) is 5.13 Å². The third-order valence-corrected chi connectivity index (χ3v) is 3.08. The number of fused-ring (bicyclic) bond motifs is 1. The molecule has 0 saturated carbocycles. The van der Waals surface area contributed by atoms with Crippen LogP contribution in [-0.4, -0.2) is 21.7 Å². The van der Waals surface area contributed by atoms with E-state index in [1.54, 1.807) is 4.90 Å². The first-order chi connectivity index (χ1) is 6.20. The molecule has 2 N–H and O–H groups in total. The van der Waals surface area contributed by atoms with Crippen LogP contribution in [0.4, 0.5) is 5.13 Å². The molecule has 6 heteroatoms. The van der Waals surface area contributed by atoms with E-state index in [-0.39, 0.29) is 11.8 Å². The maximum atomic E-state index is 11.2. The van der Waals surface area contributed by atoms with Gasteiger partial charge in [0.25, 0.3) is 0 Å². The summed E-state index contributed by atoms with van der Waals surface area (Å²) in [5.74, 6) is -0.0184. The van der Waals surface area contributed by atoms with Crippen LogP contribution in [-0.2, 0) is 17.9 Å². The SMILES string of the molecule is Nc1nc2c(s1)CN(C(=O)CCl)C2. The van der Waals surface area contributed by atoms with Crippen LogP contribution in [0.25, 0.3) is 0 Å². The zero-order valence-electron chi connectivity index (χ0n) is 6.79. The van der Waals surface area contributed by atoms with Gasteiger partial charge in [0.05, 0.1) is 23.7 Å². The first-order valence-electron chi connectivity index (χ1n) is 3.78. The first kappa shape index (κ1) is 8.77. The molecular weight excluding hydrogens is 210 g/mol. The monoisotopic (exact) mass is 217 g/mol. The molecule has 0 unspecified atom stereocenters. The molecule has 2 rings (SSSR count). The number of carbonyl (C=O) groups excluding carboxylic acids is 1. The average molecular weight is 218 g/mol. The Hall–Kier alpha value is -0.810. The van der Waals surface area contributed by atoms with Crippen LogP contribution >= 0.6 is 22.9 Å². The third-order valence-electron chi connectivity index (χ3n) is 1.94. The number of hydrogen-bond acceptors (Lipinski definition) is 4. The van der Waals surface area contributed by atoms with Crippen LogP contribution in [0.5, 0.6) is 0 Å². The number of anilines is 1. The molecule has 0 saturated heterocycles. The van der Waals surface area contributed by atoms with Gasteiger partial charge < -0.3 is 10.6 Å². The van der Waals surface area contributed by atoms with Crippen molar-refractivity contribution >= 4 is 34.0 Å². The minimum absolute atomic E-state index is 0.0322. The summed E-state index contributed by atoms with van der Waals surface area (Å²) in [5, 5.41) is 0.572. The summed E-state index contributed by atoms with van der Waals surface area (Å²) in [6.45, 7) is 1.16. The number of alkyl halides is 1. The van der Waals surface area contributed by atoms with Gasteiger partial charge in [-0.25, -0.2) is 4.98 Å². The van der Waals surface area contributed by atoms with Crippen molar-refractivity contribution in [2.24, 2.45) is 0 Å². The van der Waals surface area contributed by atoms with Crippen LogP contribution < -0.4 is 5.73 Å². The Balaban J connectivity index is 2.15. The second-order valence-corrected chi connectivity index (χ2v) is 4.19. The Morgan fingerprint density at radius 2 is 2.46 bits per heavy atom. The molecule has 0 spiro atoms. The second kappa shape index (κ2) is 3.16. The zero-order valence-corrected chi connectivity index (χ0v) is 8.36. The maximum absolute atomic E-state index is 11.2. The number of rotatable bonds is 1. The fraction of sp³-hybridized carbons (Fsp3) is 0.429. The molecule has 0 bridgehead atoms. The highest BCUT2D eigenvalue weighted by molar-refractivity contribution is 7.15.